The number of fused-ring (bicyclic) bond motifs is 3. The molecule has 0 aliphatic carbocycles. The highest BCUT2D eigenvalue weighted by Crippen LogP contribution is 2.49. The molecule has 8 nitrogen and oxygen atoms in total. The molecule has 4 N–H and O–H groups in total. The summed E-state index contributed by atoms with van der Waals surface area (Å²) in [5.41, 5.74) is 2.07. The van der Waals surface area contributed by atoms with Crippen molar-refractivity contribution in [1.82, 2.24) is 0 Å². The van der Waals surface area contributed by atoms with Crippen molar-refractivity contribution in [2.24, 2.45) is 0 Å². The van der Waals surface area contributed by atoms with Gasteiger partial charge in [-0.15, -0.1) is 0 Å². The molecule has 3 heterocycles. The van der Waals surface area contributed by atoms with Gasteiger partial charge < -0.3 is 39.4 Å². The van der Waals surface area contributed by atoms with Gasteiger partial charge in [-0.25, -0.2) is 0 Å². The van der Waals surface area contributed by atoms with Crippen LogP contribution < -0.4 is 9.47 Å². The lowest BCUT2D eigenvalue weighted by Crippen LogP contribution is -2.65. The Morgan fingerprint density at radius 1 is 0.968 bits per heavy atom. The largest absolute Gasteiger partial charge is 0.486 e. The highest BCUT2D eigenvalue weighted by Gasteiger charge is 2.67. The highest BCUT2D eigenvalue weighted by atomic mass is 16.8. The van der Waals surface area contributed by atoms with Gasteiger partial charge in [-0.1, -0.05) is 18.2 Å². The van der Waals surface area contributed by atoms with Gasteiger partial charge in [-0.05, 0) is 48.2 Å². The molecule has 8 heteroatoms. The first kappa shape index (κ1) is 20.7. The van der Waals surface area contributed by atoms with Gasteiger partial charge in [0.1, 0.15) is 37.1 Å². The topological polar surface area (TPSA) is 118 Å². The fourth-order valence-corrected chi connectivity index (χ4v) is 4.57. The summed E-state index contributed by atoms with van der Waals surface area (Å²) in [4.78, 5) is 0. The SMILES string of the molecule is Cc1ccc([C@]23OCC(CO)(O2)C(O)C(O)C3O)cc1Cc1ccc2c(c1)OCCO2. The van der Waals surface area contributed by atoms with E-state index < -0.39 is 36.3 Å². The van der Waals surface area contributed by atoms with Crippen LogP contribution in [0.25, 0.3) is 0 Å². The molecule has 4 unspecified atom stereocenters. The van der Waals surface area contributed by atoms with E-state index in [0.717, 1.165) is 22.4 Å². The molecule has 2 aromatic carbocycles. The van der Waals surface area contributed by atoms with Gasteiger partial charge in [0.15, 0.2) is 11.5 Å². The van der Waals surface area contributed by atoms with Gasteiger partial charge in [0.2, 0.25) is 5.79 Å². The first-order chi connectivity index (χ1) is 14.9. The van der Waals surface area contributed by atoms with Gasteiger partial charge in [-0.2, -0.15) is 0 Å². The van der Waals surface area contributed by atoms with E-state index in [9.17, 15) is 20.4 Å². The fourth-order valence-electron chi connectivity index (χ4n) is 4.57. The fraction of sp³-hybridized carbons (Fsp3) is 0.478. The lowest BCUT2D eigenvalue weighted by molar-refractivity contribution is -0.329. The first-order valence-electron chi connectivity index (χ1n) is 10.4. The van der Waals surface area contributed by atoms with Gasteiger partial charge in [0.05, 0.1) is 13.2 Å². The molecule has 2 bridgehead atoms. The monoisotopic (exact) mass is 430 g/mol. The molecule has 166 valence electrons. The van der Waals surface area contributed by atoms with Crippen LogP contribution in [0.1, 0.15) is 22.3 Å². The second-order valence-corrected chi connectivity index (χ2v) is 8.46. The van der Waals surface area contributed by atoms with Gasteiger partial charge in [-0.3, -0.25) is 0 Å². The van der Waals surface area contributed by atoms with E-state index in [1.54, 1.807) is 6.07 Å². The maximum Gasteiger partial charge on any atom is 0.225 e. The number of hydrogen-bond acceptors (Lipinski definition) is 8. The van der Waals surface area contributed by atoms with Crippen LogP contribution in [0.2, 0.25) is 0 Å². The molecule has 2 saturated heterocycles. The van der Waals surface area contributed by atoms with Crippen molar-refractivity contribution < 1.29 is 39.4 Å². The maximum atomic E-state index is 10.8. The van der Waals surface area contributed by atoms with E-state index >= 15 is 0 Å². The lowest BCUT2D eigenvalue weighted by atomic mass is 9.83. The van der Waals surface area contributed by atoms with Gasteiger partial charge in [0.25, 0.3) is 0 Å². The van der Waals surface area contributed by atoms with Crippen LogP contribution >= 0.6 is 0 Å². The summed E-state index contributed by atoms with van der Waals surface area (Å²) in [7, 11) is 0. The van der Waals surface area contributed by atoms with Crippen LogP contribution in [0.4, 0.5) is 0 Å². The second kappa shape index (κ2) is 7.44. The van der Waals surface area contributed by atoms with Crippen molar-refractivity contribution in [2.45, 2.75) is 43.0 Å². The van der Waals surface area contributed by atoms with E-state index in [-0.39, 0.29) is 6.61 Å². The van der Waals surface area contributed by atoms with Crippen molar-refractivity contribution in [1.29, 1.82) is 0 Å². The molecule has 5 rings (SSSR count). The summed E-state index contributed by atoms with van der Waals surface area (Å²) >= 11 is 0. The molecule has 3 aliphatic heterocycles. The lowest BCUT2D eigenvalue weighted by Gasteiger charge is -2.46. The number of ether oxygens (including phenoxy) is 4. The average Bonchev–Trinajstić information content (AvgIpc) is 3.18. The smallest absolute Gasteiger partial charge is 0.225 e. The summed E-state index contributed by atoms with van der Waals surface area (Å²) in [5.74, 6) is -0.229. The standard InChI is InChI=1S/C23H26O8/c1-13-2-4-16(23-21(27)19(25)20(26)22(11-24,31-23)12-30-23)10-15(13)8-14-3-5-17-18(9-14)29-7-6-28-17/h2-5,9-10,19-21,24-27H,6-8,11-12H2,1H3/t19?,20?,21?,22?,23-/m0/s1. The number of rotatable bonds is 4. The summed E-state index contributed by atoms with van der Waals surface area (Å²) < 4.78 is 23.0. The summed E-state index contributed by atoms with van der Waals surface area (Å²) in [5, 5.41) is 41.3. The predicted octanol–water partition coefficient (Wildman–Crippen LogP) is 0.384. The maximum absolute atomic E-state index is 10.8. The molecule has 0 spiro atoms. The molecule has 0 amide bonds. The van der Waals surface area contributed by atoms with Crippen molar-refractivity contribution >= 4 is 0 Å². The summed E-state index contributed by atoms with van der Waals surface area (Å²) in [6.07, 6.45) is -3.91. The van der Waals surface area contributed by atoms with Gasteiger partial charge in [0, 0.05) is 5.56 Å². The minimum Gasteiger partial charge on any atom is -0.486 e. The summed E-state index contributed by atoms with van der Waals surface area (Å²) in [6, 6.07) is 11.4. The zero-order valence-electron chi connectivity index (χ0n) is 17.2. The van der Waals surface area contributed by atoms with Crippen LogP contribution in [0.3, 0.4) is 0 Å². The predicted molar refractivity (Wildman–Crippen MR) is 108 cm³/mol. The quantitative estimate of drug-likeness (QED) is 0.550. The molecule has 0 saturated carbocycles. The normalized spacial score (nSPS) is 34.0. The third-order valence-electron chi connectivity index (χ3n) is 6.48. The molecular formula is C23H26O8. The molecule has 2 fully saturated rings. The number of aliphatic hydroxyl groups is 4. The summed E-state index contributed by atoms with van der Waals surface area (Å²) in [6.45, 7) is 2.34. The van der Waals surface area contributed by atoms with Crippen molar-refractivity contribution in [2.75, 3.05) is 26.4 Å². The van der Waals surface area contributed by atoms with Crippen LogP contribution in [0.5, 0.6) is 11.5 Å². The van der Waals surface area contributed by atoms with Crippen LogP contribution in [-0.2, 0) is 21.7 Å². The molecule has 2 aromatic rings. The highest BCUT2D eigenvalue weighted by molar-refractivity contribution is 5.46. The van der Waals surface area contributed by atoms with Crippen LogP contribution in [0, 0.1) is 6.92 Å². The Morgan fingerprint density at radius 3 is 2.52 bits per heavy atom. The Hall–Kier alpha value is -2.20. The Balaban J connectivity index is 1.49. The van der Waals surface area contributed by atoms with E-state index in [0.29, 0.717) is 30.9 Å². The van der Waals surface area contributed by atoms with Crippen LogP contribution in [0.15, 0.2) is 36.4 Å². The average molecular weight is 430 g/mol. The number of hydrogen-bond donors (Lipinski definition) is 4. The minimum atomic E-state index is -1.67. The molecule has 3 aliphatic rings. The zero-order chi connectivity index (χ0) is 21.8. The zero-order valence-corrected chi connectivity index (χ0v) is 17.2. The Kier molecular flexibility index (Phi) is 4.97. The Labute approximate surface area is 179 Å². The third kappa shape index (κ3) is 3.14. The minimum absolute atomic E-state index is 0.149. The van der Waals surface area contributed by atoms with Crippen molar-refractivity contribution in [3.63, 3.8) is 0 Å². The second-order valence-electron chi connectivity index (χ2n) is 8.46. The van der Waals surface area contributed by atoms with E-state index in [1.165, 1.54) is 0 Å². The Bertz CT molecular complexity index is 994. The van der Waals surface area contributed by atoms with Crippen molar-refractivity contribution in [3.05, 3.63) is 58.7 Å². The number of aryl methyl sites for hydroxylation is 1. The molecule has 0 radical (unpaired) electrons. The first-order valence-corrected chi connectivity index (χ1v) is 10.4. The molecule has 0 aromatic heterocycles. The van der Waals surface area contributed by atoms with E-state index in [1.807, 2.05) is 37.3 Å². The van der Waals surface area contributed by atoms with E-state index in [2.05, 4.69) is 0 Å². The number of benzene rings is 2. The van der Waals surface area contributed by atoms with Gasteiger partial charge >= 0.3 is 0 Å². The van der Waals surface area contributed by atoms with E-state index in [4.69, 9.17) is 18.9 Å². The molecule has 5 atom stereocenters. The number of aliphatic hydroxyl groups excluding tert-OH is 4. The van der Waals surface area contributed by atoms with Crippen molar-refractivity contribution in [3.8, 4) is 11.5 Å². The molecular weight excluding hydrogens is 404 g/mol. The Morgan fingerprint density at radius 2 is 1.74 bits per heavy atom. The van der Waals surface area contributed by atoms with Crippen LogP contribution in [-0.4, -0.2) is 70.8 Å². The third-order valence-corrected chi connectivity index (χ3v) is 6.48. The molecule has 31 heavy (non-hydrogen) atoms.